The van der Waals surface area contributed by atoms with Gasteiger partial charge in [0.05, 0.1) is 12.3 Å². The first kappa shape index (κ1) is 14.4. The van der Waals surface area contributed by atoms with Crippen molar-refractivity contribution in [3.63, 3.8) is 0 Å². The molecule has 0 saturated heterocycles. The van der Waals surface area contributed by atoms with Crippen molar-refractivity contribution in [1.29, 1.82) is 0 Å². The number of rotatable bonds is 5. The predicted octanol–water partition coefficient (Wildman–Crippen LogP) is 2.62. The van der Waals surface area contributed by atoms with Gasteiger partial charge < -0.3 is 5.11 Å². The van der Waals surface area contributed by atoms with Crippen molar-refractivity contribution < 1.29 is 13.5 Å². The lowest BCUT2D eigenvalue weighted by atomic mass is 10.2. The molecule has 0 aliphatic heterocycles. The van der Waals surface area contributed by atoms with Gasteiger partial charge in [0.15, 0.2) is 5.13 Å². The smallest absolute Gasteiger partial charge is 0.273 e. The van der Waals surface area contributed by atoms with Crippen LogP contribution in [0.1, 0.15) is 30.3 Å². The average Bonchev–Trinajstić information content (AvgIpc) is 2.96. The van der Waals surface area contributed by atoms with Crippen LogP contribution in [0.5, 0.6) is 0 Å². The van der Waals surface area contributed by atoms with Gasteiger partial charge in [0.25, 0.3) is 10.0 Å². The van der Waals surface area contributed by atoms with E-state index in [0.29, 0.717) is 10.0 Å². The van der Waals surface area contributed by atoms with Gasteiger partial charge in [-0.15, -0.1) is 22.7 Å². The highest BCUT2D eigenvalue weighted by Gasteiger charge is 2.18. The predicted molar refractivity (Wildman–Crippen MR) is 77.3 cm³/mol. The maximum absolute atomic E-state index is 12.1. The highest BCUT2D eigenvalue weighted by atomic mass is 32.2. The van der Waals surface area contributed by atoms with Gasteiger partial charge in [-0.05, 0) is 18.1 Å². The number of thiophene rings is 1. The van der Waals surface area contributed by atoms with Crippen molar-refractivity contribution >= 4 is 37.8 Å². The molecule has 0 aromatic carbocycles. The van der Waals surface area contributed by atoms with Crippen LogP contribution < -0.4 is 4.72 Å². The maximum Gasteiger partial charge on any atom is 0.273 e. The Morgan fingerprint density at radius 3 is 2.68 bits per heavy atom. The summed E-state index contributed by atoms with van der Waals surface area (Å²) in [5, 5.41) is 11.2. The third-order valence-electron chi connectivity index (χ3n) is 2.39. The van der Waals surface area contributed by atoms with Crippen molar-refractivity contribution in [2.24, 2.45) is 0 Å². The second kappa shape index (κ2) is 5.58. The molecule has 0 bridgehead atoms. The van der Waals surface area contributed by atoms with Crippen molar-refractivity contribution in [3.05, 3.63) is 28.1 Å². The Kier molecular flexibility index (Phi) is 4.24. The first-order chi connectivity index (χ1) is 8.92. The maximum atomic E-state index is 12.1. The van der Waals surface area contributed by atoms with Crippen molar-refractivity contribution in [1.82, 2.24) is 4.98 Å². The summed E-state index contributed by atoms with van der Waals surface area (Å²) in [5.74, 6) is 0.261. The number of aliphatic hydroxyl groups excluding tert-OH is 1. The Hall–Kier alpha value is -0.960. The van der Waals surface area contributed by atoms with Gasteiger partial charge >= 0.3 is 0 Å². The summed E-state index contributed by atoms with van der Waals surface area (Å²) in [6, 6.07) is 3.08. The molecule has 19 heavy (non-hydrogen) atoms. The van der Waals surface area contributed by atoms with E-state index in [0.717, 1.165) is 17.0 Å². The Bertz CT molecular complexity index is 658. The van der Waals surface area contributed by atoms with E-state index in [1.54, 1.807) is 6.07 Å². The van der Waals surface area contributed by atoms with Crippen LogP contribution in [0.3, 0.4) is 0 Å². The average molecular weight is 318 g/mol. The minimum absolute atomic E-state index is 0.158. The largest absolute Gasteiger partial charge is 0.391 e. The molecule has 2 heterocycles. The van der Waals surface area contributed by atoms with Crippen LogP contribution in [0.4, 0.5) is 5.13 Å². The third kappa shape index (κ3) is 3.33. The molecule has 2 N–H and O–H groups in total. The minimum atomic E-state index is -3.61. The number of nitrogens with one attached hydrogen (secondary N) is 1. The summed E-state index contributed by atoms with van der Waals surface area (Å²) >= 11 is 2.31. The van der Waals surface area contributed by atoms with E-state index in [9.17, 15) is 8.42 Å². The molecule has 8 heteroatoms. The lowest BCUT2D eigenvalue weighted by Gasteiger charge is -2.02. The highest BCUT2D eigenvalue weighted by Crippen LogP contribution is 2.27. The number of aromatic nitrogens is 1. The number of aliphatic hydroxyl groups is 1. The number of thiazole rings is 1. The zero-order chi connectivity index (χ0) is 14.0. The second-order valence-electron chi connectivity index (χ2n) is 4.22. The summed E-state index contributed by atoms with van der Waals surface area (Å²) in [6.07, 6.45) is 0. The molecule has 0 unspecified atom stereocenters. The van der Waals surface area contributed by atoms with E-state index in [1.165, 1.54) is 17.4 Å². The van der Waals surface area contributed by atoms with Gasteiger partial charge in [0.2, 0.25) is 0 Å². The van der Waals surface area contributed by atoms with Crippen molar-refractivity contribution in [3.8, 4) is 0 Å². The zero-order valence-corrected chi connectivity index (χ0v) is 12.9. The molecule has 0 atom stereocenters. The number of hydrogen-bond acceptors (Lipinski definition) is 6. The number of hydrogen-bond donors (Lipinski definition) is 2. The van der Waals surface area contributed by atoms with Gasteiger partial charge in [-0.3, -0.25) is 4.72 Å². The Morgan fingerprint density at radius 1 is 1.42 bits per heavy atom. The Morgan fingerprint density at radius 2 is 2.16 bits per heavy atom. The molecule has 2 aromatic rings. The molecule has 2 aromatic heterocycles. The normalized spacial score (nSPS) is 12.0. The van der Waals surface area contributed by atoms with Crippen molar-refractivity contribution in [2.45, 2.75) is 30.6 Å². The van der Waals surface area contributed by atoms with E-state index >= 15 is 0 Å². The van der Waals surface area contributed by atoms with Crippen LogP contribution >= 0.6 is 22.7 Å². The third-order valence-corrected chi connectivity index (χ3v) is 6.20. The van der Waals surface area contributed by atoms with Crippen LogP contribution in [0.25, 0.3) is 0 Å². The van der Waals surface area contributed by atoms with Gasteiger partial charge in [-0.25, -0.2) is 13.4 Å². The standard InChI is InChI=1S/C11H14N2O3S3/c1-7(2)9-6-17-11(12-9)13-19(15,16)10-4-3-8(5-14)18-10/h3-4,6-7,14H,5H2,1-2H3,(H,12,13). The van der Waals surface area contributed by atoms with Crippen LogP contribution in [-0.2, 0) is 16.6 Å². The van der Waals surface area contributed by atoms with E-state index < -0.39 is 10.0 Å². The number of anilines is 1. The fourth-order valence-corrected chi connectivity index (χ4v) is 4.69. The van der Waals surface area contributed by atoms with Crippen LogP contribution in [0.2, 0.25) is 0 Å². The van der Waals surface area contributed by atoms with Crippen molar-refractivity contribution in [2.75, 3.05) is 4.72 Å². The van der Waals surface area contributed by atoms with Crippen LogP contribution in [0, 0.1) is 0 Å². The van der Waals surface area contributed by atoms with Gasteiger partial charge in [-0.1, -0.05) is 13.8 Å². The molecular formula is C11H14N2O3S3. The fraction of sp³-hybridized carbons (Fsp3) is 0.364. The van der Waals surface area contributed by atoms with Crippen LogP contribution in [0.15, 0.2) is 21.7 Å². The molecule has 0 saturated carbocycles. The Labute approximate surface area is 120 Å². The molecule has 104 valence electrons. The van der Waals surface area contributed by atoms with Gasteiger partial charge in [0.1, 0.15) is 4.21 Å². The second-order valence-corrected chi connectivity index (χ2v) is 8.15. The first-order valence-electron chi connectivity index (χ1n) is 5.60. The molecule has 0 fully saturated rings. The van der Waals surface area contributed by atoms with Gasteiger partial charge in [0, 0.05) is 10.3 Å². The summed E-state index contributed by atoms with van der Waals surface area (Å²) in [5.41, 5.74) is 0.866. The lowest BCUT2D eigenvalue weighted by molar-refractivity contribution is 0.285. The van der Waals surface area contributed by atoms with Crippen LogP contribution in [-0.4, -0.2) is 18.5 Å². The minimum Gasteiger partial charge on any atom is -0.391 e. The van der Waals surface area contributed by atoms with E-state index in [1.807, 2.05) is 19.2 Å². The summed E-state index contributed by atoms with van der Waals surface area (Å²) < 4.78 is 26.8. The quantitative estimate of drug-likeness (QED) is 0.888. The van der Waals surface area contributed by atoms with E-state index in [-0.39, 0.29) is 16.7 Å². The molecule has 0 spiro atoms. The van der Waals surface area contributed by atoms with E-state index in [4.69, 9.17) is 5.11 Å². The SMILES string of the molecule is CC(C)c1csc(NS(=O)(=O)c2ccc(CO)s2)n1. The number of nitrogens with zero attached hydrogens (tertiary/aromatic N) is 1. The summed E-state index contributed by atoms with van der Waals surface area (Å²) in [7, 11) is -3.61. The molecular weight excluding hydrogens is 304 g/mol. The lowest BCUT2D eigenvalue weighted by Crippen LogP contribution is -2.11. The van der Waals surface area contributed by atoms with Gasteiger partial charge in [-0.2, -0.15) is 0 Å². The highest BCUT2D eigenvalue weighted by molar-refractivity contribution is 7.94. The Balaban J connectivity index is 2.20. The molecule has 2 rings (SSSR count). The summed E-state index contributed by atoms with van der Waals surface area (Å²) in [4.78, 5) is 4.84. The molecule has 0 amide bonds. The molecule has 0 aliphatic rings. The molecule has 0 aliphatic carbocycles. The zero-order valence-electron chi connectivity index (χ0n) is 10.5. The molecule has 5 nitrogen and oxygen atoms in total. The van der Waals surface area contributed by atoms with E-state index in [2.05, 4.69) is 9.71 Å². The topological polar surface area (TPSA) is 79.3 Å². The fourth-order valence-electron chi connectivity index (χ4n) is 1.35. The number of sulfonamides is 1. The summed E-state index contributed by atoms with van der Waals surface area (Å²) in [6.45, 7) is 3.84. The monoisotopic (exact) mass is 318 g/mol. The molecule has 0 radical (unpaired) electrons. The first-order valence-corrected chi connectivity index (χ1v) is 8.78.